The minimum absolute atomic E-state index is 0.103. The van der Waals surface area contributed by atoms with Crippen LogP contribution in [-0.2, 0) is 11.2 Å². The summed E-state index contributed by atoms with van der Waals surface area (Å²) in [6.45, 7) is 2.37. The van der Waals surface area contributed by atoms with Crippen molar-refractivity contribution < 1.29 is 9.53 Å². The fraction of sp³-hybridized carbons (Fsp3) is 0.167. The SMILES string of the molecule is CCOc1ncc(NC(=O)Cc2cccc3ccccc23)cn1. The van der Waals surface area contributed by atoms with Crippen LogP contribution in [0.4, 0.5) is 5.69 Å². The van der Waals surface area contributed by atoms with Crippen LogP contribution in [0.1, 0.15) is 12.5 Å². The van der Waals surface area contributed by atoms with Crippen molar-refractivity contribution in [2.24, 2.45) is 0 Å². The molecular formula is C18H17N3O2. The van der Waals surface area contributed by atoms with Gasteiger partial charge in [-0.25, -0.2) is 9.97 Å². The molecule has 0 atom stereocenters. The van der Waals surface area contributed by atoms with Crippen molar-refractivity contribution in [1.82, 2.24) is 9.97 Å². The molecule has 0 aliphatic rings. The fourth-order valence-corrected chi connectivity index (χ4v) is 2.41. The minimum Gasteiger partial charge on any atom is -0.464 e. The highest BCUT2D eigenvalue weighted by Crippen LogP contribution is 2.19. The largest absolute Gasteiger partial charge is 0.464 e. The number of ether oxygens (including phenoxy) is 1. The molecule has 3 aromatic rings. The summed E-state index contributed by atoms with van der Waals surface area (Å²) in [4.78, 5) is 20.3. The molecule has 0 radical (unpaired) electrons. The molecule has 0 spiro atoms. The summed E-state index contributed by atoms with van der Waals surface area (Å²) in [5.41, 5.74) is 1.55. The zero-order valence-electron chi connectivity index (χ0n) is 12.8. The van der Waals surface area contributed by atoms with Gasteiger partial charge in [-0.3, -0.25) is 4.79 Å². The van der Waals surface area contributed by atoms with Gasteiger partial charge in [0.1, 0.15) is 0 Å². The van der Waals surface area contributed by atoms with Crippen molar-refractivity contribution in [3.05, 3.63) is 60.4 Å². The third kappa shape index (κ3) is 3.63. The van der Waals surface area contributed by atoms with Gasteiger partial charge in [-0.2, -0.15) is 0 Å². The highest BCUT2D eigenvalue weighted by Gasteiger charge is 2.08. The van der Waals surface area contributed by atoms with E-state index in [-0.39, 0.29) is 5.91 Å². The molecule has 0 aliphatic heterocycles. The molecule has 116 valence electrons. The maximum atomic E-state index is 12.2. The first-order chi connectivity index (χ1) is 11.3. The van der Waals surface area contributed by atoms with Gasteiger partial charge in [0.15, 0.2) is 0 Å². The monoisotopic (exact) mass is 307 g/mol. The Morgan fingerprint density at radius 2 is 1.83 bits per heavy atom. The summed E-state index contributed by atoms with van der Waals surface area (Å²) in [5, 5.41) is 5.02. The molecule has 5 heteroatoms. The number of carbonyl (C=O) groups excluding carboxylic acids is 1. The molecule has 2 aromatic carbocycles. The molecule has 0 fully saturated rings. The van der Waals surface area contributed by atoms with Gasteiger partial charge in [-0.1, -0.05) is 42.5 Å². The summed E-state index contributed by atoms with van der Waals surface area (Å²) in [6, 6.07) is 14.3. The summed E-state index contributed by atoms with van der Waals surface area (Å²) in [5.74, 6) is -0.103. The summed E-state index contributed by atoms with van der Waals surface area (Å²) in [7, 11) is 0. The number of hydrogen-bond acceptors (Lipinski definition) is 4. The Balaban J connectivity index is 1.71. The zero-order chi connectivity index (χ0) is 16.1. The first-order valence-electron chi connectivity index (χ1n) is 7.47. The summed E-state index contributed by atoms with van der Waals surface area (Å²) in [6.07, 6.45) is 3.38. The Labute approximate surface area is 134 Å². The van der Waals surface area contributed by atoms with Crippen LogP contribution in [0, 0.1) is 0 Å². The van der Waals surface area contributed by atoms with Gasteiger partial charge in [0.05, 0.1) is 31.1 Å². The topological polar surface area (TPSA) is 64.1 Å². The number of aromatic nitrogens is 2. The molecule has 3 rings (SSSR count). The van der Waals surface area contributed by atoms with Crippen molar-refractivity contribution >= 4 is 22.4 Å². The van der Waals surface area contributed by atoms with Crippen LogP contribution in [0.5, 0.6) is 6.01 Å². The predicted octanol–water partition coefficient (Wildman–Crippen LogP) is 3.21. The van der Waals surface area contributed by atoms with Crippen molar-refractivity contribution in [3.8, 4) is 6.01 Å². The van der Waals surface area contributed by atoms with Crippen LogP contribution in [0.15, 0.2) is 54.9 Å². The molecule has 23 heavy (non-hydrogen) atoms. The van der Waals surface area contributed by atoms with Crippen molar-refractivity contribution in [3.63, 3.8) is 0 Å². The zero-order valence-corrected chi connectivity index (χ0v) is 12.8. The van der Waals surface area contributed by atoms with E-state index in [1.807, 2.05) is 49.4 Å². The van der Waals surface area contributed by atoms with E-state index in [9.17, 15) is 4.79 Å². The van der Waals surface area contributed by atoms with E-state index < -0.39 is 0 Å². The molecule has 0 saturated carbocycles. The van der Waals surface area contributed by atoms with Crippen molar-refractivity contribution in [2.75, 3.05) is 11.9 Å². The quantitative estimate of drug-likeness (QED) is 0.786. The Morgan fingerprint density at radius 1 is 1.09 bits per heavy atom. The average Bonchev–Trinajstić information content (AvgIpc) is 2.57. The van der Waals surface area contributed by atoms with Gasteiger partial charge in [-0.05, 0) is 23.3 Å². The Hall–Kier alpha value is -2.95. The second kappa shape index (κ2) is 6.87. The highest BCUT2D eigenvalue weighted by atomic mass is 16.5. The van der Waals surface area contributed by atoms with Gasteiger partial charge in [0.25, 0.3) is 0 Å². The molecule has 1 heterocycles. The van der Waals surface area contributed by atoms with Gasteiger partial charge >= 0.3 is 6.01 Å². The van der Waals surface area contributed by atoms with E-state index in [4.69, 9.17) is 4.74 Å². The molecular weight excluding hydrogens is 290 g/mol. The first kappa shape index (κ1) is 15.0. The Morgan fingerprint density at radius 3 is 2.61 bits per heavy atom. The normalized spacial score (nSPS) is 10.5. The van der Waals surface area contributed by atoms with Crippen LogP contribution in [0.2, 0.25) is 0 Å². The molecule has 0 unspecified atom stereocenters. The smallest absolute Gasteiger partial charge is 0.316 e. The number of benzene rings is 2. The van der Waals surface area contributed by atoms with Gasteiger partial charge in [0, 0.05) is 0 Å². The van der Waals surface area contributed by atoms with E-state index >= 15 is 0 Å². The Kier molecular flexibility index (Phi) is 4.47. The van der Waals surface area contributed by atoms with Gasteiger partial charge in [0.2, 0.25) is 5.91 Å². The molecule has 1 N–H and O–H groups in total. The first-order valence-corrected chi connectivity index (χ1v) is 7.47. The molecule has 0 aliphatic carbocycles. The van der Waals surface area contributed by atoms with Crippen LogP contribution in [0.3, 0.4) is 0 Å². The van der Waals surface area contributed by atoms with E-state index in [0.717, 1.165) is 16.3 Å². The predicted molar refractivity (Wildman–Crippen MR) is 89.5 cm³/mol. The highest BCUT2D eigenvalue weighted by molar-refractivity contribution is 5.96. The molecule has 0 bridgehead atoms. The lowest BCUT2D eigenvalue weighted by Gasteiger charge is -2.08. The second-order valence-corrected chi connectivity index (χ2v) is 5.05. The number of nitrogens with one attached hydrogen (secondary N) is 1. The average molecular weight is 307 g/mol. The second-order valence-electron chi connectivity index (χ2n) is 5.05. The lowest BCUT2D eigenvalue weighted by Crippen LogP contribution is -2.15. The number of rotatable bonds is 5. The number of hydrogen-bond donors (Lipinski definition) is 1. The maximum absolute atomic E-state index is 12.2. The molecule has 1 aromatic heterocycles. The number of amides is 1. The fourth-order valence-electron chi connectivity index (χ4n) is 2.41. The standard InChI is InChI=1S/C18H17N3O2/c1-2-23-18-19-11-15(12-20-18)21-17(22)10-14-8-5-7-13-6-3-4-9-16(13)14/h3-9,11-12H,2,10H2,1H3,(H,21,22). The molecule has 1 amide bonds. The lowest BCUT2D eigenvalue weighted by molar-refractivity contribution is -0.115. The maximum Gasteiger partial charge on any atom is 0.316 e. The van der Waals surface area contributed by atoms with Gasteiger partial charge in [-0.15, -0.1) is 0 Å². The van der Waals surface area contributed by atoms with Crippen LogP contribution >= 0.6 is 0 Å². The number of carbonyl (C=O) groups is 1. The van der Waals surface area contributed by atoms with Crippen LogP contribution < -0.4 is 10.1 Å². The Bertz CT molecular complexity index is 811. The van der Waals surface area contributed by atoms with E-state index in [1.165, 1.54) is 0 Å². The molecule has 5 nitrogen and oxygen atoms in total. The number of anilines is 1. The van der Waals surface area contributed by atoms with Crippen molar-refractivity contribution in [1.29, 1.82) is 0 Å². The minimum atomic E-state index is -0.103. The van der Waals surface area contributed by atoms with E-state index in [0.29, 0.717) is 24.7 Å². The third-order valence-electron chi connectivity index (χ3n) is 3.42. The van der Waals surface area contributed by atoms with Gasteiger partial charge < -0.3 is 10.1 Å². The lowest BCUT2D eigenvalue weighted by atomic mass is 10.0. The number of fused-ring (bicyclic) bond motifs is 1. The van der Waals surface area contributed by atoms with Crippen LogP contribution in [0.25, 0.3) is 10.8 Å². The summed E-state index contributed by atoms with van der Waals surface area (Å²) < 4.78 is 5.17. The van der Waals surface area contributed by atoms with Crippen molar-refractivity contribution in [2.45, 2.75) is 13.3 Å². The third-order valence-corrected chi connectivity index (χ3v) is 3.42. The van der Waals surface area contributed by atoms with E-state index in [1.54, 1.807) is 12.4 Å². The van der Waals surface area contributed by atoms with Crippen LogP contribution in [-0.4, -0.2) is 22.5 Å². The van der Waals surface area contributed by atoms with E-state index in [2.05, 4.69) is 15.3 Å². The molecule has 0 saturated heterocycles. The summed E-state index contributed by atoms with van der Waals surface area (Å²) >= 11 is 0. The number of nitrogens with zero attached hydrogens (tertiary/aromatic N) is 2.